The topological polar surface area (TPSA) is 117 Å². The van der Waals surface area contributed by atoms with E-state index in [9.17, 15) is 19.2 Å². The van der Waals surface area contributed by atoms with E-state index in [4.69, 9.17) is 4.74 Å². The number of hydrogen-bond acceptors (Lipinski definition) is 7. The molecule has 0 bridgehead atoms. The maximum Gasteiger partial charge on any atom is 0.329 e. The SMILES string of the molecule is CCOC(=O)CNC(=O)CCCCCCCCCCN1CN(C)c2c1n(C)c(=O)[nH]c2=O. The fourth-order valence-electron chi connectivity index (χ4n) is 3.99. The summed E-state index contributed by atoms with van der Waals surface area (Å²) in [5, 5.41) is 2.58. The first-order chi connectivity index (χ1) is 15.3. The molecule has 0 unspecified atom stereocenters. The number of carbonyl (C=O) groups excluding carboxylic acids is 2. The molecule has 0 fully saturated rings. The van der Waals surface area contributed by atoms with Crippen LogP contribution in [-0.2, 0) is 21.4 Å². The average Bonchev–Trinajstić information content (AvgIpc) is 3.08. The number of anilines is 2. The lowest BCUT2D eigenvalue weighted by Crippen LogP contribution is -2.32. The molecule has 180 valence electrons. The highest BCUT2D eigenvalue weighted by molar-refractivity contribution is 5.81. The first-order valence-electron chi connectivity index (χ1n) is 11.6. The maximum absolute atomic E-state index is 12.1. The predicted molar refractivity (Wildman–Crippen MR) is 124 cm³/mol. The highest BCUT2D eigenvalue weighted by Gasteiger charge is 2.28. The van der Waals surface area contributed by atoms with Gasteiger partial charge in [0.15, 0.2) is 0 Å². The second kappa shape index (κ2) is 12.9. The molecule has 32 heavy (non-hydrogen) atoms. The van der Waals surface area contributed by atoms with Crippen LogP contribution in [0.25, 0.3) is 0 Å². The number of nitrogens with one attached hydrogen (secondary N) is 2. The van der Waals surface area contributed by atoms with Gasteiger partial charge in [0.1, 0.15) is 18.1 Å². The van der Waals surface area contributed by atoms with Crippen LogP contribution in [-0.4, -0.2) is 54.8 Å². The average molecular weight is 452 g/mol. The molecule has 10 nitrogen and oxygen atoms in total. The van der Waals surface area contributed by atoms with E-state index in [1.165, 1.54) is 4.57 Å². The van der Waals surface area contributed by atoms with Gasteiger partial charge in [-0.2, -0.15) is 0 Å². The minimum Gasteiger partial charge on any atom is -0.465 e. The van der Waals surface area contributed by atoms with Crippen LogP contribution in [0, 0.1) is 0 Å². The fourth-order valence-corrected chi connectivity index (χ4v) is 3.99. The van der Waals surface area contributed by atoms with Crippen LogP contribution in [0.5, 0.6) is 0 Å². The lowest BCUT2D eigenvalue weighted by atomic mass is 10.1. The maximum atomic E-state index is 12.1. The van der Waals surface area contributed by atoms with Crippen LogP contribution in [0.15, 0.2) is 9.59 Å². The smallest absolute Gasteiger partial charge is 0.329 e. The zero-order valence-corrected chi connectivity index (χ0v) is 19.6. The summed E-state index contributed by atoms with van der Waals surface area (Å²) in [6.07, 6.45) is 8.92. The molecular weight excluding hydrogens is 414 g/mol. The van der Waals surface area contributed by atoms with Crippen LogP contribution < -0.4 is 26.4 Å². The van der Waals surface area contributed by atoms with Crippen molar-refractivity contribution in [3.63, 3.8) is 0 Å². The summed E-state index contributed by atoms with van der Waals surface area (Å²) in [7, 11) is 3.55. The molecule has 1 amide bonds. The lowest BCUT2D eigenvalue weighted by Gasteiger charge is -2.20. The Kier molecular flexibility index (Phi) is 10.3. The number of rotatable bonds is 14. The van der Waals surface area contributed by atoms with Crippen molar-refractivity contribution in [3.05, 3.63) is 20.8 Å². The first-order valence-corrected chi connectivity index (χ1v) is 11.6. The summed E-state index contributed by atoms with van der Waals surface area (Å²) in [5.41, 5.74) is -0.156. The van der Waals surface area contributed by atoms with E-state index in [1.54, 1.807) is 14.0 Å². The molecule has 0 saturated carbocycles. The van der Waals surface area contributed by atoms with E-state index in [0.717, 1.165) is 57.9 Å². The normalized spacial score (nSPS) is 12.7. The molecule has 0 aromatic carbocycles. The van der Waals surface area contributed by atoms with Gasteiger partial charge in [-0.15, -0.1) is 0 Å². The summed E-state index contributed by atoms with van der Waals surface area (Å²) >= 11 is 0. The zero-order valence-electron chi connectivity index (χ0n) is 19.6. The van der Waals surface area contributed by atoms with Gasteiger partial charge in [0.25, 0.3) is 5.56 Å². The molecule has 0 aliphatic carbocycles. The lowest BCUT2D eigenvalue weighted by molar-refractivity contribution is -0.143. The Morgan fingerprint density at radius 3 is 2.28 bits per heavy atom. The number of hydrogen-bond donors (Lipinski definition) is 2. The van der Waals surface area contributed by atoms with Crippen molar-refractivity contribution in [1.82, 2.24) is 14.9 Å². The highest BCUT2D eigenvalue weighted by Crippen LogP contribution is 2.29. The number of unbranched alkanes of at least 4 members (excludes halogenated alkanes) is 7. The van der Waals surface area contributed by atoms with E-state index in [1.807, 2.05) is 11.9 Å². The third-order valence-electron chi connectivity index (χ3n) is 5.65. The minimum atomic E-state index is -0.403. The number of ether oxygens (including phenoxy) is 1. The van der Waals surface area contributed by atoms with Gasteiger partial charge in [-0.05, 0) is 19.8 Å². The van der Waals surface area contributed by atoms with Gasteiger partial charge < -0.3 is 19.9 Å². The van der Waals surface area contributed by atoms with Crippen LogP contribution in [0.3, 0.4) is 0 Å². The van der Waals surface area contributed by atoms with E-state index in [0.29, 0.717) is 31.2 Å². The van der Waals surface area contributed by atoms with Gasteiger partial charge >= 0.3 is 11.7 Å². The Hall–Kier alpha value is -2.78. The Morgan fingerprint density at radius 1 is 1.00 bits per heavy atom. The summed E-state index contributed by atoms with van der Waals surface area (Å²) < 4.78 is 6.28. The molecule has 0 radical (unpaired) electrons. The molecule has 0 spiro atoms. The first kappa shape index (κ1) is 25.5. The standard InChI is InChI=1S/C22H37N5O5/c1-4-32-18(29)15-23-17(28)13-11-9-7-5-6-8-10-12-14-27-16-25(2)19-20(30)24-22(31)26(3)21(19)27/h4-16H2,1-3H3,(H,23,28)(H,24,30,31). The van der Waals surface area contributed by atoms with Gasteiger partial charge in [-0.3, -0.25) is 23.9 Å². The minimum absolute atomic E-state index is 0.0568. The van der Waals surface area contributed by atoms with Crippen LogP contribution >= 0.6 is 0 Å². The summed E-state index contributed by atoms with van der Waals surface area (Å²) in [5.74, 6) is 0.193. The molecule has 1 aromatic heterocycles. The number of aromatic amines is 1. The summed E-state index contributed by atoms with van der Waals surface area (Å²) in [4.78, 5) is 53.2. The van der Waals surface area contributed by atoms with Gasteiger partial charge in [-0.25, -0.2) is 4.79 Å². The fraction of sp³-hybridized carbons (Fsp3) is 0.727. The third kappa shape index (κ3) is 7.42. The molecule has 2 N–H and O–H groups in total. The molecule has 2 heterocycles. The number of amides is 1. The Balaban J connectivity index is 1.53. The number of fused-ring (bicyclic) bond motifs is 1. The monoisotopic (exact) mass is 451 g/mol. The Labute approximate surface area is 188 Å². The van der Waals surface area contributed by atoms with Crippen LogP contribution in [0.2, 0.25) is 0 Å². The number of nitrogens with zero attached hydrogens (tertiary/aromatic N) is 3. The highest BCUT2D eigenvalue weighted by atomic mass is 16.5. The van der Waals surface area contributed by atoms with Crippen LogP contribution in [0.4, 0.5) is 11.5 Å². The van der Waals surface area contributed by atoms with Gasteiger partial charge in [-0.1, -0.05) is 38.5 Å². The Bertz CT molecular complexity index is 878. The van der Waals surface area contributed by atoms with Crippen molar-refractivity contribution < 1.29 is 14.3 Å². The summed E-state index contributed by atoms with van der Waals surface area (Å²) in [6, 6.07) is 0. The predicted octanol–water partition coefficient (Wildman–Crippen LogP) is 1.48. The zero-order chi connectivity index (χ0) is 23.5. The molecule has 1 aliphatic heterocycles. The molecule has 1 aromatic rings. The van der Waals surface area contributed by atoms with E-state index >= 15 is 0 Å². The van der Waals surface area contributed by atoms with Crippen molar-refractivity contribution in [3.8, 4) is 0 Å². The van der Waals surface area contributed by atoms with E-state index in [2.05, 4.69) is 15.2 Å². The Morgan fingerprint density at radius 2 is 1.62 bits per heavy atom. The van der Waals surface area contributed by atoms with E-state index in [-0.39, 0.29) is 23.7 Å². The van der Waals surface area contributed by atoms with Gasteiger partial charge in [0.05, 0.1) is 13.3 Å². The number of aromatic nitrogens is 2. The molecule has 10 heteroatoms. The molecule has 1 aliphatic rings. The van der Waals surface area contributed by atoms with E-state index < -0.39 is 5.97 Å². The molecular formula is C22H37N5O5. The second-order valence-corrected chi connectivity index (χ2v) is 8.25. The second-order valence-electron chi connectivity index (χ2n) is 8.25. The largest absolute Gasteiger partial charge is 0.465 e. The van der Waals surface area contributed by atoms with Crippen molar-refractivity contribution in [2.24, 2.45) is 7.05 Å². The van der Waals surface area contributed by atoms with Crippen molar-refractivity contribution in [2.75, 3.05) is 43.2 Å². The third-order valence-corrected chi connectivity index (χ3v) is 5.65. The van der Waals surface area contributed by atoms with Crippen molar-refractivity contribution in [2.45, 2.75) is 64.7 Å². The van der Waals surface area contributed by atoms with Gasteiger partial charge in [0.2, 0.25) is 5.91 Å². The van der Waals surface area contributed by atoms with Crippen LogP contribution in [0.1, 0.15) is 64.7 Å². The number of carbonyl (C=O) groups is 2. The van der Waals surface area contributed by atoms with Crippen molar-refractivity contribution in [1.29, 1.82) is 0 Å². The van der Waals surface area contributed by atoms with Gasteiger partial charge in [0, 0.05) is 27.1 Å². The van der Waals surface area contributed by atoms with Crippen molar-refractivity contribution >= 4 is 23.4 Å². The molecule has 2 rings (SSSR count). The number of esters is 1. The quantitative estimate of drug-likeness (QED) is 0.325. The molecule has 0 saturated heterocycles. The number of H-pyrrole nitrogens is 1. The molecule has 0 atom stereocenters. The summed E-state index contributed by atoms with van der Waals surface area (Å²) in [6.45, 7) is 3.43.